The van der Waals surface area contributed by atoms with Crippen LogP contribution >= 0.6 is 11.6 Å². The quantitative estimate of drug-likeness (QED) is 0.907. The van der Waals surface area contributed by atoms with E-state index in [9.17, 15) is 4.39 Å². The average molecular weight is 255 g/mol. The van der Waals surface area contributed by atoms with Crippen LogP contribution in [0.25, 0.3) is 5.69 Å². The molecule has 2 N–H and O–H groups in total. The van der Waals surface area contributed by atoms with E-state index in [2.05, 4.69) is 10.3 Å². The van der Waals surface area contributed by atoms with Crippen LogP contribution in [0.15, 0.2) is 24.4 Å². The van der Waals surface area contributed by atoms with Gasteiger partial charge in [0.05, 0.1) is 11.9 Å². The summed E-state index contributed by atoms with van der Waals surface area (Å²) in [5.41, 5.74) is 6.49. The number of benzene rings is 1. The molecule has 0 amide bonds. The molecule has 0 saturated carbocycles. The third-order valence-corrected chi connectivity index (χ3v) is 2.57. The summed E-state index contributed by atoms with van der Waals surface area (Å²) >= 11 is 5.81. The van der Waals surface area contributed by atoms with Gasteiger partial charge in [0.1, 0.15) is 11.5 Å². The fourth-order valence-corrected chi connectivity index (χ4v) is 1.64. The number of hydrogen-bond acceptors (Lipinski definition) is 3. The minimum absolute atomic E-state index is 0.295. The van der Waals surface area contributed by atoms with E-state index in [0.717, 1.165) is 18.5 Å². The third-order valence-electron chi connectivity index (χ3n) is 2.33. The van der Waals surface area contributed by atoms with Crippen molar-refractivity contribution in [2.75, 3.05) is 6.54 Å². The summed E-state index contributed by atoms with van der Waals surface area (Å²) < 4.78 is 14.9. The first-order chi connectivity index (χ1) is 8.20. The Bertz CT molecular complexity index is 512. The van der Waals surface area contributed by atoms with E-state index in [4.69, 9.17) is 17.3 Å². The van der Waals surface area contributed by atoms with Crippen molar-refractivity contribution in [3.8, 4) is 5.69 Å². The number of hydrogen-bond donors (Lipinski definition) is 1. The molecule has 1 aromatic carbocycles. The van der Waals surface area contributed by atoms with E-state index in [0.29, 0.717) is 17.3 Å². The van der Waals surface area contributed by atoms with Crippen molar-refractivity contribution in [1.82, 2.24) is 15.0 Å². The summed E-state index contributed by atoms with van der Waals surface area (Å²) in [5.74, 6) is -0.385. The van der Waals surface area contributed by atoms with Crippen LogP contribution in [-0.2, 0) is 6.42 Å². The molecule has 0 aliphatic heterocycles. The van der Waals surface area contributed by atoms with Crippen LogP contribution in [0.5, 0.6) is 0 Å². The van der Waals surface area contributed by atoms with Crippen molar-refractivity contribution >= 4 is 11.6 Å². The molecule has 4 nitrogen and oxygen atoms in total. The highest BCUT2D eigenvalue weighted by atomic mass is 35.5. The summed E-state index contributed by atoms with van der Waals surface area (Å²) in [4.78, 5) is 0. The highest BCUT2D eigenvalue weighted by Gasteiger charge is 2.08. The molecule has 17 heavy (non-hydrogen) atoms. The lowest BCUT2D eigenvalue weighted by atomic mass is 10.2. The zero-order valence-electron chi connectivity index (χ0n) is 9.11. The Kier molecular flexibility index (Phi) is 3.71. The molecule has 0 spiro atoms. The largest absolute Gasteiger partial charge is 0.330 e. The Morgan fingerprint density at radius 1 is 1.41 bits per heavy atom. The second kappa shape index (κ2) is 5.25. The van der Waals surface area contributed by atoms with Crippen LogP contribution in [-0.4, -0.2) is 21.5 Å². The van der Waals surface area contributed by atoms with E-state index in [1.165, 1.54) is 22.9 Å². The molecule has 0 atom stereocenters. The first-order valence-electron chi connectivity index (χ1n) is 5.27. The number of nitrogens with two attached hydrogens (primary N) is 1. The SMILES string of the molecule is NCCCc1cn(-c2cc(Cl)ccc2F)nn1. The lowest BCUT2D eigenvalue weighted by molar-refractivity contribution is 0.607. The highest BCUT2D eigenvalue weighted by Crippen LogP contribution is 2.18. The molecule has 0 aliphatic carbocycles. The normalized spacial score (nSPS) is 10.8. The molecule has 0 radical (unpaired) electrons. The zero-order chi connectivity index (χ0) is 12.3. The van der Waals surface area contributed by atoms with E-state index >= 15 is 0 Å². The molecular weight excluding hydrogens is 243 g/mol. The van der Waals surface area contributed by atoms with Gasteiger partial charge in [-0.2, -0.15) is 0 Å². The van der Waals surface area contributed by atoms with Gasteiger partial charge in [-0.25, -0.2) is 9.07 Å². The number of nitrogens with zero attached hydrogens (tertiary/aromatic N) is 3. The van der Waals surface area contributed by atoms with Crippen molar-refractivity contribution < 1.29 is 4.39 Å². The van der Waals surface area contributed by atoms with Crippen LogP contribution in [0.4, 0.5) is 4.39 Å². The molecule has 90 valence electrons. The van der Waals surface area contributed by atoms with Crippen LogP contribution in [0.3, 0.4) is 0 Å². The van der Waals surface area contributed by atoms with Gasteiger partial charge in [0.25, 0.3) is 0 Å². The number of aryl methyl sites for hydroxylation is 1. The maximum absolute atomic E-state index is 13.5. The Morgan fingerprint density at radius 2 is 2.24 bits per heavy atom. The fourth-order valence-electron chi connectivity index (χ4n) is 1.48. The Balaban J connectivity index is 2.27. The molecule has 0 unspecified atom stereocenters. The van der Waals surface area contributed by atoms with Crippen LogP contribution < -0.4 is 5.73 Å². The number of halogens is 2. The van der Waals surface area contributed by atoms with Crippen LogP contribution in [0.1, 0.15) is 12.1 Å². The molecule has 2 aromatic rings. The third kappa shape index (κ3) is 2.81. The molecule has 6 heteroatoms. The molecule has 2 rings (SSSR count). The maximum Gasteiger partial charge on any atom is 0.149 e. The molecule has 1 heterocycles. The van der Waals surface area contributed by atoms with Gasteiger partial charge in [-0.05, 0) is 37.6 Å². The van der Waals surface area contributed by atoms with Crippen molar-refractivity contribution in [3.05, 3.63) is 40.9 Å². The predicted molar refractivity (Wildman–Crippen MR) is 63.7 cm³/mol. The van der Waals surface area contributed by atoms with E-state index in [-0.39, 0.29) is 5.82 Å². The monoisotopic (exact) mass is 254 g/mol. The minimum atomic E-state index is -0.385. The predicted octanol–water partition coefficient (Wildman–Crippen LogP) is 1.95. The van der Waals surface area contributed by atoms with Crippen molar-refractivity contribution in [3.63, 3.8) is 0 Å². The standard InChI is InChI=1S/C11H12ClFN4/c12-8-3-4-10(13)11(6-8)17-7-9(15-16-17)2-1-5-14/h3-4,6-7H,1-2,5,14H2. The van der Waals surface area contributed by atoms with Crippen LogP contribution in [0.2, 0.25) is 5.02 Å². The Hall–Kier alpha value is -1.46. The molecule has 0 aliphatic rings. The van der Waals surface area contributed by atoms with Gasteiger partial charge in [-0.1, -0.05) is 16.8 Å². The lowest BCUT2D eigenvalue weighted by Crippen LogP contribution is -2.00. The van der Waals surface area contributed by atoms with Crippen molar-refractivity contribution in [2.24, 2.45) is 5.73 Å². The zero-order valence-corrected chi connectivity index (χ0v) is 9.86. The summed E-state index contributed by atoms with van der Waals surface area (Å²) in [7, 11) is 0. The maximum atomic E-state index is 13.5. The number of rotatable bonds is 4. The van der Waals surface area contributed by atoms with E-state index in [1.807, 2.05) is 0 Å². The Morgan fingerprint density at radius 3 is 3.00 bits per heavy atom. The Labute approximate surface area is 103 Å². The molecule has 1 aromatic heterocycles. The second-order valence-electron chi connectivity index (χ2n) is 3.64. The van der Waals surface area contributed by atoms with Gasteiger partial charge < -0.3 is 5.73 Å². The van der Waals surface area contributed by atoms with Crippen molar-refractivity contribution in [2.45, 2.75) is 12.8 Å². The highest BCUT2D eigenvalue weighted by molar-refractivity contribution is 6.30. The van der Waals surface area contributed by atoms with Gasteiger partial charge >= 0.3 is 0 Å². The molecule has 0 bridgehead atoms. The smallest absolute Gasteiger partial charge is 0.149 e. The first-order valence-corrected chi connectivity index (χ1v) is 5.65. The minimum Gasteiger partial charge on any atom is -0.330 e. The number of aromatic nitrogens is 3. The topological polar surface area (TPSA) is 56.7 Å². The summed E-state index contributed by atoms with van der Waals surface area (Å²) in [6, 6.07) is 4.31. The van der Waals surface area contributed by atoms with E-state index < -0.39 is 0 Å². The van der Waals surface area contributed by atoms with E-state index in [1.54, 1.807) is 6.20 Å². The second-order valence-corrected chi connectivity index (χ2v) is 4.08. The summed E-state index contributed by atoms with van der Waals surface area (Å²) in [5, 5.41) is 8.28. The molecular formula is C11H12ClFN4. The average Bonchev–Trinajstić information content (AvgIpc) is 2.78. The van der Waals surface area contributed by atoms with Gasteiger partial charge in [0.2, 0.25) is 0 Å². The fraction of sp³-hybridized carbons (Fsp3) is 0.273. The first kappa shape index (κ1) is 12.0. The van der Waals surface area contributed by atoms with Crippen LogP contribution in [0, 0.1) is 5.82 Å². The lowest BCUT2D eigenvalue weighted by Gasteiger charge is -2.01. The summed E-state index contributed by atoms with van der Waals surface area (Å²) in [6.07, 6.45) is 3.25. The summed E-state index contributed by atoms with van der Waals surface area (Å²) in [6.45, 7) is 0.596. The molecule has 0 fully saturated rings. The van der Waals surface area contributed by atoms with Gasteiger partial charge in [0.15, 0.2) is 0 Å². The van der Waals surface area contributed by atoms with Crippen molar-refractivity contribution in [1.29, 1.82) is 0 Å². The molecule has 0 saturated heterocycles. The van der Waals surface area contributed by atoms with Gasteiger partial charge in [0, 0.05) is 5.02 Å². The van der Waals surface area contributed by atoms with Gasteiger partial charge in [-0.15, -0.1) is 5.10 Å². The van der Waals surface area contributed by atoms with Gasteiger partial charge in [-0.3, -0.25) is 0 Å².